The largest absolute Gasteiger partial charge is 0.469 e. The molecule has 5 heteroatoms. The highest BCUT2D eigenvalue weighted by molar-refractivity contribution is 5.72. The zero-order chi connectivity index (χ0) is 10.6. The van der Waals surface area contributed by atoms with Crippen molar-refractivity contribution in [2.75, 3.05) is 14.2 Å². The Morgan fingerprint density at radius 1 is 1.57 bits per heavy atom. The molecule has 1 fully saturated rings. The highest BCUT2D eigenvalue weighted by Gasteiger charge is 2.40. The van der Waals surface area contributed by atoms with Gasteiger partial charge in [0.1, 0.15) is 0 Å². The van der Waals surface area contributed by atoms with Crippen LogP contribution in [0.1, 0.15) is 25.7 Å². The van der Waals surface area contributed by atoms with Crippen molar-refractivity contribution < 1.29 is 23.8 Å². The van der Waals surface area contributed by atoms with Gasteiger partial charge in [0, 0.05) is 20.0 Å². The van der Waals surface area contributed by atoms with Crippen LogP contribution in [0.3, 0.4) is 0 Å². The molecule has 5 nitrogen and oxygen atoms in total. The number of esters is 2. The first-order valence-corrected chi connectivity index (χ1v) is 4.46. The second-order valence-corrected chi connectivity index (χ2v) is 3.17. The van der Waals surface area contributed by atoms with Crippen LogP contribution < -0.4 is 0 Å². The summed E-state index contributed by atoms with van der Waals surface area (Å²) in [6, 6.07) is 0. The molecule has 1 rings (SSSR count). The van der Waals surface area contributed by atoms with Crippen LogP contribution in [0, 0.1) is 0 Å². The van der Waals surface area contributed by atoms with Gasteiger partial charge in [-0.2, -0.15) is 0 Å². The summed E-state index contributed by atoms with van der Waals surface area (Å²) < 4.78 is 14.6. The molecule has 1 heterocycles. The van der Waals surface area contributed by atoms with Gasteiger partial charge in [0.2, 0.25) is 5.79 Å². The van der Waals surface area contributed by atoms with Crippen LogP contribution in [0.4, 0.5) is 0 Å². The third kappa shape index (κ3) is 2.45. The maximum absolute atomic E-state index is 10.9. The molecule has 0 radical (unpaired) electrons. The monoisotopic (exact) mass is 202 g/mol. The van der Waals surface area contributed by atoms with E-state index in [0.29, 0.717) is 19.3 Å². The summed E-state index contributed by atoms with van der Waals surface area (Å²) >= 11 is 0. The first kappa shape index (κ1) is 11.0. The molecule has 80 valence electrons. The molecule has 0 aromatic heterocycles. The lowest BCUT2D eigenvalue weighted by Crippen LogP contribution is -2.31. The van der Waals surface area contributed by atoms with Crippen LogP contribution in [0.25, 0.3) is 0 Å². The Hall–Kier alpha value is -1.10. The lowest BCUT2D eigenvalue weighted by Gasteiger charge is -2.25. The van der Waals surface area contributed by atoms with E-state index in [9.17, 15) is 9.59 Å². The highest BCUT2D eigenvalue weighted by atomic mass is 16.7. The molecule has 0 saturated carbocycles. The van der Waals surface area contributed by atoms with Crippen LogP contribution in [-0.4, -0.2) is 31.9 Å². The molecule has 0 amide bonds. The molecule has 14 heavy (non-hydrogen) atoms. The standard InChI is InChI=1S/C9H14O5/c1-12-7(10)3-5-9(13-2)6-4-8(11)14-9/h3-6H2,1-2H3. The SMILES string of the molecule is COC(=O)CCC1(OC)CCC(=O)O1. The fraction of sp³-hybridized carbons (Fsp3) is 0.778. The van der Waals surface area contributed by atoms with Crippen LogP contribution in [-0.2, 0) is 23.8 Å². The number of ether oxygens (including phenoxy) is 3. The second-order valence-electron chi connectivity index (χ2n) is 3.17. The zero-order valence-corrected chi connectivity index (χ0v) is 8.37. The molecule has 0 bridgehead atoms. The van der Waals surface area contributed by atoms with Crippen LogP contribution in [0.15, 0.2) is 0 Å². The summed E-state index contributed by atoms with van der Waals surface area (Å²) in [5.41, 5.74) is 0. The van der Waals surface area contributed by atoms with E-state index < -0.39 is 5.79 Å². The molecule has 0 aliphatic carbocycles. The number of hydrogen-bond acceptors (Lipinski definition) is 5. The molecule has 1 aliphatic rings. The molecule has 0 spiro atoms. The fourth-order valence-electron chi connectivity index (χ4n) is 1.42. The van der Waals surface area contributed by atoms with E-state index in [1.165, 1.54) is 14.2 Å². The predicted molar refractivity (Wildman–Crippen MR) is 46.3 cm³/mol. The van der Waals surface area contributed by atoms with Crippen molar-refractivity contribution in [3.05, 3.63) is 0 Å². The molecule has 0 aromatic carbocycles. The van der Waals surface area contributed by atoms with Gasteiger partial charge in [-0.25, -0.2) is 0 Å². The van der Waals surface area contributed by atoms with Crippen molar-refractivity contribution in [3.8, 4) is 0 Å². The minimum absolute atomic E-state index is 0.192. The Balaban J connectivity index is 2.46. The predicted octanol–water partition coefficient (Wildman–Crippen LogP) is 0.619. The third-order valence-electron chi connectivity index (χ3n) is 2.32. The van der Waals surface area contributed by atoms with Crippen molar-refractivity contribution in [2.45, 2.75) is 31.5 Å². The first-order chi connectivity index (χ1) is 6.62. The topological polar surface area (TPSA) is 61.8 Å². The lowest BCUT2D eigenvalue weighted by atomic mass is 10.1. The van der Waals surface area contributed by atoms with E-state index in [1.807, 2.05) is 0 Å². The van der Waals surface area contributed by atoms with Gasteiger partial charge in [-0.3, -0.25) is 9.59 Å². The van der Waals surface area contributed by atoms with E-state index in [0.717, 1.165) is 0 Å². The number of carbonyl (C=O) groups is 2. The summed E-state index contributed by atoms with van der Waals surface area (Å²) in [5, 5.41) is 0. The number of cyclic esters (lactones) is 1. The smallest absolute Gasteiger partial charge is 0.308 e. The minimum Gasteiger partial charge on any atom is -0.469 e. The van der Waals surface area contributed by atoms with Crippen molar-refractivity contribution in [1.82, 2.24) is 0 Å². The van der Waals surface area contributed by atoms with Crippen molar-refractivity contribution in [1.29, 1.82) is 0 Å². The first-order valence-electron chi connectivity index (χ1n) is 4.46. The molecule has 1 saturated heterocycles. The Morgan fingerprint density at radius 2 is 2.29 bits per heavy atom. The zero-order valence-electron chi connectivity index (χ0n) is 8.37. The summed E-state index contributed by atoms with van der Waals surface area (Å²) in [6.45, 7) is 0. The molecule has 1 unspecified atom stereocenters. The van der Waals surface area contributed by atoms with E-state index >= 15 is 0 Å². The van der Waals surface area contributed by atoms with Gasteiger partial charge in [0.05, 0.1) is 20.0 Å². The Labute approximate surface area is 82.3 Å². The molecular formula is C9H14O5. The van der Waals surface area contributed by atoms with E-state index in [2.05, 4.69) is 4.74 Å². The van der Waals surface area contributed by atoms with Crippen molar-refractivity contribution in [3.63, 3.8) is 0 Å². The molecule has 1 aliphatic heterocycles. The lowest BCUT2D eigenvalue weighted by molar-refractivity contribution is -0.205. The molecular weight excluding hydrogens is 188 g/mol. The van der Waals surface area contributed by atoms with Gasteiger partial charge in [-0.15, -0.1) is 0 Å². The average molecular weight is 202 g/mol. The maximum atomic E-state index is 10.9. The van der Waals surface area contributed by atoms with E-state index in [1.54, 1.807) is 0 Å². The van der Waals surface area contributed by atoms with Crippen molar-refractivity contribution in [2.24, 2.45) is 0 Å². The summed E-state index contributed by atoms with van der Waals surface area (Å²) in [6.07, 6.45) is 1.38. The third-order valence-corrected chi connectivity index (χ3v) is 2.32. The summed E-state index contributed by atoms with van der Waals surface area (Å²) in [7, 11) is 2.79. The molecule has 0 aromatic rings. The summed E-state index contributed by atoms with van der Waals surface area (Å²) in [4.78, 5) is 21.8. The van der Waals surface area contributed by atoms with Crippen LogP contribution in [0.2, 0.25) is 0 Å². The number of hydrogen-bond donors (Lipinski definition) is 0. The van der Waals surface area contributed by atoms with E-state index in [-0.39, 0.29) is 18.4 Å². The quantitative estimate of drug-likeness (QED) is 0.625. The maximum Gasteiger partial charge on any atom is 0.308 e. The van der Waals surface area contributed by atoms with Gasteiger partial charge in [-0.1, -0.05) is 0 Å². The second kappa shape index (κ2) is 4.41. The van der Waals surface area contributed by atoms with Gasteiger partial charge < -0.3 is 14.2 Å². The molecule has 1 atom stereocenters. The van der Waals surface area contributed by atoms with Gasteiger partial charge in [0.25, 0.3) is 0 Å². The van der Waals surface area contributed by atoms with Gasteiger partial charge in [-0.05, 0) is 0 Å². The minimum atomic E-state index is -0.911. The van der Waals surface area contributed by atoms with Gasteiger partial charge in [0.15, 0.2) is 0 Å². The number of rotatable bonds is 4. The fourth-order valence-corrected chi connectivity index (χ4v) is 1.42. The van der Waals surface area contributed by atoms with Gasteiger partial charge >= 0.3 is 11.9 Å². The van der Waals surface area contributed by atoms with Crippen molar-refractivity contribution >= 4 is 11.9 Å². The van der Waals surface area contributed by atoms with Crippen LogP contribution in [0.5, 0.6) is 0 Å². The average Bonchev–Trinajstić information content (AvgIpc) is 2.57. The summed E-state index contributed by atoms with van der Waals surface area (Å²) in [5.74, 6) is -1.52. The Bertz CT molecular complexity index is 237. The Morgan fingerprint density at radius 3 is 2.71 bits per heavy atom. The molecule has 0 N–H and O–H groups in total. The number of carbonyl (C=O) groups excluding carboxylic acids is 2. The highest BCUT2D eigenvalue weighted by Crippen LogP contribution is 2.31. The van der Waals surface area contributed by atoms with Crippen LogP contribution >= 0.6 is 0 Å². The number of methoxy groups -OCH3 is 2. The van der Waals surface area contributed by atoms with E-state index in [4.69, 9.17) is 9.47 Å². The Kier molecular flexibility index (Phi) is 3.46. The normalized spacial score (nSPS) is 26.0.